The van der Waals surface area contributed by atoms with Crippen LogP contribution in [0.4, 0.5) is 0 Å². The van der Waals surface area contributed by atoms with Crippen molar-refractivity contribution in [3.8, 4) is 0 Å². The third-order valence-corrected chi connectivity index (χ3v) is 5.21. The summed E-state index contributed by atoms with van der Waals surface area (Å²) in [5.41, 5.74) is 0.516. The van der Waals surface area contributed by atoms with Crippen molar-refractivity contribution in [1.29, 1.82) is 0 Å². The molecule has 5 nitrogen and oxygen atoms in total. The van der Waals surface area contributed by atoms with E-state index in [2.05, 4.69) is 22.5 Å². The smallest absolute Gasteiger partial charge is 0.216 e. The average Bonchev–Trinajstić information content (AvgIpc) is 2.76. The maximum atomic E-state index is 11.0. The number of amides is 1. The number of aliphatic imine (C=N–C) groups is 1. The number of guanidine groups is 1. The number of piperidine rings is 1. The quantitative estimate of drug-likeness (QED) is 0.475. The van der Waals surface area contributed by atoms with Gasteiger partial charge in [-0.05, 0) is 38.0 Å². The molecule has 0 bridgehead atoms. The Morgan fingerprint density at radius 1 is 1.09 bits per heavy atom. The minimum absolute atomic E-state index is 0.0144. The van der Waals surface area contributed by atoms with Gasteiger partial charge in [-0.1, -0.05) is 25.7 Å². The number of hydrogen-bond donors (Lipinski definition) is 2. The van der Waals surface area contributed by atoms with E-state index >= 15 is 0 Å². The number of rotatable bonds is 4. The van der Waals surface area contributed by atoms with Crippen molar-refractivity contribution in [2.75, 3.05) is 32.7 Å². The van der Waals surface area contributed by atoms with Gasteiger partial charge in [0.1, 0.15) is 0 Å². The van der Waals surface area contributed by atoms with Gasteiger partial charge in [0.2, 0.25) is 5.91 Å². The Balaban J connectivity index is 1.96. The van der Waals surface area contributed by atoms with Crippen LogP contribution < -0.4 is 10.6 Å². The van der Waals surface area contributed by atoms with E-state index < -0.39 is 0 Å². The Labute approximate surface area is 141 Å². The summed E-state index contributed by atoms with van der Waals surface area (Å²) in [4.78, 5) is 18.2. The summed E-state index contributed by atoms with van der Waals surface area (Å²) in [6.07, 6.45) is 11.0. The standard InChI is InChI=1S/C18H34N4O/c1-3-19-17(21-13-12-20-16(2)23)22-14-8-11-18(15-22)9-6-4-5-7-10-18/h3-15H2,1-2H3,(H,19,21)(H,20,23). The van der Waals surface area contributed by atoms with Crippen LogP contribution in [-0.2, 0) is 4.79 Å². The van der Waals surface area contributed by atoms with Crippen LogP contribution in [0.5, 0.6) is 0 Å². The lowest BCUT2D eigenvalue weighted by atomic mass is 9.74. The Hall–Kier alpha value is -1.26. The normalized spacial score (nSPS) is 21.8. The summed E-state index contributed by atoms with van der Waals surface area (Å²) < 4.78 is 0. The van der Waals surface area contributed by atoms with Crippen molar-refractivity contribution in [2.24, 2.45) is 10.4 Å². The summed E-state index contributed by atoms with van der Waals surface area (Å²) in [6, 6.07) is 0. The van der Waals surface area contributed by atoms with Crippen LogP contribution in [-0.4, -0.2) is 49.5 Å². The molecule has 1 aliphatic heterocycles. The van der Waals surface area contributed by atoms with Gasteiger partial charge >= 0.3 is 0 Å². The molecule has 1 aliphatic carbocycles. The first kappa shape index (κ1) is 18.1. The third kappa shape index (κ3) is 5.70. The van der Waals surface area contributed by atoms with E-state index in [1.54, 1.807) is 6.92 Å². The molecule has 5 heteroatoms. The molecule has 1 saturated carbocycles. The van der Waals surface area contributed by atoms with Crippen LogP contribution in [0, 0.1) is 5.41 Å². The first-order valence-electron chi connectivity index (χ1n) is 9.43. The highest BCUT2D eigenvalue weighted by Gasteiger charge is 2.36. The zero-order valence-corrected chi connectivity index (χ0v) is 15.0. The molecule has 0 radical (unpaired) electrons. The molecule has 2 rings (SSSR count). The van der Waals surface area contributed by atoms with Gasteiger partial charge in [-0.2, -0.15) is 0 Å². The van der Waals surface area contributed by atoms with Crippen molar-refractivity contribution in [3.63, 3.8) is 0 Å². The largest absolute Gasteiger partial charge is 0.357 e. The molecule has 0 aromatic carbocycles. The Morgan fingerprint density at radius 3 is 2.43 bits per heavy atom. The Bertz CT molecular complexity index is 400. The molecule has 0 unspecified atom stereocenters. The maximum absolute atomic E-state index is 11.0. The zero-order chi connectivity index (χ0) is 16.5. The molecule has 132 valence electrons. The number of carbonyl (C=O) groups is 1. The summed E-state index contributed by atoms with van der Waals surface area (Å²) in [6.45, 7) is 8.08. The molecular formula is C18H34N4O. The van der Waals surface area contributed by atoms with Gasteiger partial charge in [-0.3, -0.25) is 9.79 Å². The minimum Gasteiger partial charge on any atom is -0.357 e. The predicted molar refractivity (Wildman–Crippen MR) is 95.6 cm³/mol. The van der Waals surface area contributed by atoms with E-state index in [0.29, 0.717) is 18.5 Å². The van der Waals surface area contributed by atoms with Gasteiger partial charge < -0.3 is 15.5 Å². The van der Waals surface area contributed by atoms with Gasteiger partial charge in [0.15, 0.2) is 5.96 Å². The van der Waals surface area contributed by atoms with E-state index in [1.807, 2.05) is 0 Å². The number of carbonyl (C=O) groups excluding carboxylic acids is 1. The molecular weight excluding hydrogens is 288 g/mol. The zero-order valence-electron chi connectivity index (χ0n) is 15.0. The molecule has 1 amide bonds. The van der Waals surface area contributed by atoms with Gasteiger partial charge in [-0.25, -0.2) is 0 Å². The first-order valence-corrected chi connectivity index (χ1v) is 9.43. The Morgan fingerprint density at radius 2 is 1.78 bits per heavy atom. The topological polar surface area (TPSA) is 56.7 Å². The fourth-order valence-corrected chi connectivity index (χ4v) is 4.09. The summed E-state index contributed by atoms with van der Waals surface area (Å²) in [5.74, 6) is 1.04. The van der Waals surface area contributed by atoms with Crippen molar-refractivity contribution in [1.82, 2.24) is 15.5 Å². The van der Waals surface area contributed by atoms with Crippen molar-refractivity contribution >= 4 is 11.9 Å². The molecule has 0 atom stereocenters. The van der Waals surface area contributed by atoms with E-state index in [-0.39, 0.29) is 5.91 Å². The fraction of sp³-hybridized carbons (Fsp3) is 0.889. The van der Waals surface area contributed by atoms with Gasteiger partial charge in [-0.15, -0.1) is 0 Å². The molecule has 0 aromatic rings. The lowest BCUT2D eigenvalue weighted by molar-refractivity contribution is -0.118. The van der Waals surface area contributed by atoms with E-state index in [1.165, 1.54) is 51.4 Å². The lowest BCUT2D eigenvalue weighted by Crippen LogP contribution is -2.50. The van der Waals surface area contributed by atoms with Crippen molar-refractivity contribution in [3.05, 3.63) is 0 Å². The van der Waals surface area contributed by atoms with Crippen molar-refractivity contribution < 1.29 is 4.79 Å². The monoisotopic (exact) mass is 322 g/mol. The van der Waals surface area contributed by atoms with E-state index in [4.69, 9.17) is 4.99 Å². The van der Waals surface area contributed by atoms with Gasteiger partial charge in [0.25, 0.3) is 0 Å². The number of nitrogens with zero attached hydrogens (tertiary/aromatic N) is 2. The minimum atomic E-state index is 0.0144. The Kier molecular flexibility index (Phi) is 7.18. The van der Waals surface area contributed by atoms with Gasteiger partial charge in [0, 0.05) is 33.1 Å². The van der Waals surface area contributed by atoms with E-state index in [0.717, 1.165) is 25.6 Å². The van der Waals surface area contributed by atoms with Crippen molar-refractivity contribution in [2.45, 2.75) is 65.2 Å². The molecule has 2 fully saturated rings. The van der Waals surface area contributed by atoms with Crippen LogP contribution in [0.1, 0.15) is 65.2 Å². The SMILES string of the molecule is CCNC(=NCCNC(C)=O)N1CCCC2(CCCCCC2)C1. The maximum Gasteiger partial charge on any atom is 0.216 e. The average molecular weight is 322 g/mol. The molecule has 23 heavy (non-hydrogen) atoms. The molecule has 2 N–H and O–H groups in total. The second kappa shape index (κ2) is 9.14. The summed E-state index contributed by atoms with van der Waals surface area (Å²) >= 11 is 0. The third-order valence-electron chi connectivity index (χ3n) is 5.21. The highest BCUT2D eigenvalue weighted by molar-refractivity contribution is 5.80. The fourth-order valence-electron chi connectivity index (χ4n) is 4.09. The molecule has 1 heterocycles. The summed E-state index contributed by atoms with van der Waals surface area (Å²) in [7, 11) is 0. The van der Waals surface area contributed by atoms with Crippen LogP contribution in [0.25, 0.3) is 0 Å². The molecule has 0 aromatic heterocycles. The number of hydrogen-bond acceptors (Lipinski definition) is 2. The summed E-state index contributed by atoms with van der Waals surface area (Å²) in [5, 5.41) is 6.26. The van der Waals surface area contributed by atoms with Crippen LogP contribution >= 0.6 is 0 Å². The second-order valence-electron chi connectivity index (χ2n) is 7.16. The molecule has 1 spiro atoms. The van der Waals surface area contributed by atoms with Crippen LogP contribution in [0.3, 0.4) is 0 Å². The highest BCUT2D eigenvalue weighted by atomic mass is 16.1. The van der Waals surface area contributed by atoms with E-state index in [9.17, 15) is 4.79 Å². The van der Waals surface area contributed by atoms with Gasteiger partial charge in [0.05, 0.1) is 6.54 Å². The number of nitrogens with one attached hydrogen (secondary N) is 2. The van der Waals surface area contributed by atoms with Crippen LogP contribution in [0.2, 0.25) is 0 Å². The predicted octanol–water partition coefficient (Wildman–Crippen LogP) is 2.52. The molecule has 1 saturated heterocycles. The van der Waals surface area contributed by atoms with Crippen LogP contribution in [0.15, 0.2) is 4.99 Å². The first-order chi connectivity index (χ1) is 11.2. The lowest BCUT2D eigenvalue weighted by Gasteiger charge is -2.44. The molecule has 2 aliphatic rings. The highest BCUT2D eigenvalue weighted by Crippen LogP contribution is 2.42. The number of likely N-dealkylation sites (tertiary alicyclic amines) is 1. The second-order valence-corrected chi connectivity index (χ2v) is 7.16.